The topological polar surface area (TPSA) is 41.9 Å². The van der Waals surface area contributed by atoms with Crippen molar-refractivity contribution in [2.45, 2.75) is 12.8 Å². The Balaban J connectivity index is 1.90. The number of anilines is 1. The van der Waals surface area contributed by atoms with E-state index in [1.807, 2.05) is 12.1 Å². The largest absolute Gasteiger partial charge is 0.355 e. The molecule has 1 saturated heterocycles. The summed E-state index contributed by atoms with van der Waals surface area (Å²) < 4.78 is 1.20. The molecule has 1 fully saturated rings. The molecule has 4 rings (SSSR count). The van der Waals surface area contributed by atoms with Gasteiger partial charge in [0.2, 0.25) is 0 Å². The summed E-state index contributed by atoms with van der Waals surface area (Å²) in [5, 5.41) is 2.09. The molecule has 0 aliphatic carbocycles. The Hall–Kier alpha value is -2.01. The van der Waals surface area contributed by atoms with E-state index in [0.717, 1.165) is 35.8 Å². The number of fused-ring (bicyclic) bond motifs is 1. The molecule has 3 aromatic heterocycles. The van der Waals surface area contributed by atoms with Gasteiger partial charge in [-0.3, -0.25) is 4.98 Å². The highest BCUT2D eigenvalue weighted by Crippen LogP contribution is 2.32. The van der Waals surface area contributed by atoms with Crippen LogP contribution in [0.3, 0.4) is 0 Å². The van der Waals surface area contributed by atoms with Crippen LogP contribution in [0.5, 0.6) is 0 Å². The first-order chi connectivity index (χ1) is 9.92. The van der Waals surface area contributed by atoms with Crippen LogP contribution in [-0.4, -0.2) is 28.0 Å². The van der Waals surface area contributed by atoms with E-state index in [2.05, 4.69) is 26.3 Å². The summed E-state index contributed by atoms with van der Waals surface area (Å²) in [6, 6.07) is 5.99. The van der Waals surface area contributed by atoms with E-state index in [-0.39, 0.29) is 0 Å². The zero-order valence-corrected chi connectivity index (χ0v) is 11.8. The van der Waals surface area contributed by atoms with Gasteiger partial charge in [0.05, 0.1) is 10.2 Å². The molecule has 0 amide bonds. The summed E-state index contributed by atoms with van der Waals surface area (Å²) in [7, 11) is 0. The molecule has 1 aliphatic rings. The number of hydrogen-bond donors (Lipinski definition) is 0. The second-order valence-corrected chi connectivity index (χ2v) is 5.85. The highest BCUT2D eigenvalue weighted by molar-refractivity contribution is 7.17. The molecule has 0 saturated carbocycles. The lowest BCUT2D eigenvalue weighted by Crippen LogP contribution is -2.19. The van der Waals surface area contributed by atoms with E-state index >= 15 is 0 Å². The lowest BCUT2D eigenvalue weighted by atomic mass is 10.2. The molecule has 0 atom stereocenters. The summed E-state index contributed by atoms with van der Waals surface area (Å²) >= 11 is 1.73. The van der Waals surface area contributed by atoms with Crippen LogP contribution in [0.15, 0.2) is 36.0 Å². The van der Waals surface area contributed by atoms with Crippen LogP contribution < -0.4 is 4.90 Å². The van der Waals surface area contributed by atoms with Crippen molar-refractivity contribution < 1.29 is 0 Å². The maximum atomic E-state index is 4.82. The third-order valence-corrected chi connectivity index (χ3v) is 4.53. The summed E-state index contributed by atoms with van der Waals surface area (Å²) in [6.07, 6.45) is 6.07. The Bertz CT molecular complexity index is 732. The highest BCUT2D eigenvalue weighted by Gasteiger charge is 2.19. The van der Waals surface area contributed by atoms with Crippen molar-refractivity contribution in [2.24, 2.45) is 0 Å². The minimum Gasteiger partial charge on any atom is -0.355 e. The SMILES string of the molecule is c1cc(-c2nc(N3CCCC3)c3sccc3n2)ccn1. The Labute approximate surface area is 121 Å². The van der Waals surface area contributed by atoms with Crippen molar-refractivity contribution in [1.82, 2.24) is 15.0 Å². The second-order valence-electron chi connectivity index (χ2n) is 4.94. The first kappa shape index (κ1) is 11.8. The van der Waals surface area contributed by atoms with Gasteiger partial charge in [-0.25, -0.2) is 9.97 Å². The second kappa shape index (κ2) is 4.83. The first-order valence-electron chi connectivity index (χ1n) is 6.82. The van der Waals surface area contributed by atoms with Gasteiger partial charge in [0, 0.05) is 31.0 Å². The van der Waals surface area contributed by atoms with E-state index in [0.29, 0.717) is 0 Å². The number of rotatable bonds is 2. The zero-order valence-electron chi connectivity index (χ0n) is 11.0. The van der Waals surface area contributed by atoms with Crippen molar-refractivity contribution in [3.63, 3.8) is 0 Å². The van der Waals surface area contributed by atoms with Crippen molar-refractivity contribution in [1.29, 1.82) is 0 Å². The Kier molecular flexibility index (Phi) is 2.85. The molecule has 4 nitrogen and oxygen atoms in total. The van der Waals surface area contributed by atoms with E-state index in [9.17, 15) is 0 Å². The number of pyridine rings is 1. The van der Waals surface area contributed by atoms with Gasteiger partial charge in [0.15, 0.2) is 11.6 Å². The van der Waals surface area contributed by atoms with Crippen molar-refractivity contribution >= 4 is 27.4 Å². The fourth-order valence-corrected chi connectivity index (χ4v) is 3.47. The van der Waals surface area contributed by atoms with Gasteiger partial charge in [0.25, 0.3) is 0 Å². The van der Waals surface area contributed by atoms with E-state index < -0.39 is 0 Å². The van der Waals surface area contributed by atoms with Gasteiger partial charge in [-0.15, -0.1) is 11.3 Å². The zero-order chi connectivity index (χ0) is 13.4. The quantitative estimate of drug-likeness (QED) is 0.723. The van der Waals surface area contributed by atoms with Gasteiger partial charge >= 0.3 is 0 Å². The smallest absolute Gasteiger partial charge is 0.162 e. The predicted molar refractivity (Wildman–Crippen MR) is 82.1 cm³/mol. The third kappa shape index (κ3) is 1.94. The average Bonchev–Trinajstić information content (AvgIpc) is 3.18. The molecule has 100 valence electrons. The first-order valence-corrected chi connectivity index (χ1v) is 7.70. The van der Waals surface area contributed by atoms with Gasteiger partial charge in [0.1, 0.15) is 0 Å². The van der Waals surface area contributed by atoms with Gasteiger partial charge in [-0.2, -0.15) is 0 Å². The standard InChI is InChI=1S/C15H14N4S/c1-2-9-19(8-1)15-13-12(5-10-20-13)17-14(18-15)11-3-6-16-7-4-11/h3-7,10H,1-2,8-9H2. The molecule has 3 aromatic rings. The van der Waals surface area contributed by atoms with Gasteiger partial charge < -0.3 is 4.90 Å². The monoisotopic (exact) mass is 282 g/mol. The molecule has 0 radical (unpaired) electrons. The maximum absolute atomic E-state index is 4.82. The molecule has 0 unspecified atom stereocenters. The summed E-state index contributed by atoms with van der Waals surface area (Å²) in [4.78, 5) is 15.9. The molecular weight excluding hydrogens is 268 g/mol. The molecule has 1 aliphatic heterocycles. The number of nitrogens with zero attached hydrogens (tertiary/aromatic N) is 4. The number of thiophene rings is 1. The Morgan fingerprint density at radius 2 is 1.80 bits per heavy atom. The van der Waals surface area contributed by atoms with Crippen LogP contribution in [0.1, 0.15) is 12.8 Å². The van der Waals surface area contributed by atoms with Crippen LogP contribution in [0, 0.1) is 0 Å². The minimum absolute atomic E-state index is 0.792. The predicted octanol–water partition coefficient (Wildman–Crippen LogP) is 3.35. The normalized spacial score (nSPS) is 15.1. The minimum atomic E-state index is 0.792. The van der Waals surface area contributed by atoms with Gasteiger partial charge in [-0.1, -0.05) is 0 Å². The number of aromatic nitrogens is 3. The third-order valence-electron chi connectivity index (χ3n) is 3.63. The van der Waals surface area contributed by atoms with E-state index in [1.165, 1.54) is 17.5 Å². The molecule has 20 heavy (non-hydrogen) atoms. The summed E-state index contributed by atoms with van der Waals surface area (Å²) in [5.74, 6) is 1.88. The fourth-order valence-electron chi connectivity index (χ4n) is 2.62. The van der Waals surface area contributed by atoms with Crippen LogP contribution in [-0.2, 0) is 0 Å². The van der Waals surface area contributed by atoms with Crippen molar-refractivity contribution in [2.75, 3.05) is 18.0 Å². The summed E-state index contributed by atoms with van der Waals surface area (Å²) in [6.45, 7) is 2.19. The average molecular weight is 282 g/mol. The van der Waals surface area contributed by atoms with Crippen molar-refractivity contribution in [3.8, 4) is 11.4 Å². The highest BCUT2D eigenvalue weighted by atomic mass is 32.1. The van der Waals surface area contributed by atoms with Crippen LogP contribution in [0.2, 0.25) is 0 Å². The Morgan fingerprint density at radius 3 is 2.60 bits per heavy atom. The Morgan fingerprint density at radius 1 is 1.00 bits per heavy atom. The molecule has 0 spiro atoms. The fraction of sp³-hybridized carbons (Fsp3) is 0.267. The molecule has 0 bridgehead atoms. The molecule has 4 heterocycles. The molecule has 5 heteroatoms. The molecular formula is C15H14N4S. The summed E-state index contributed by atoms with van der Waals surface area (Å²) in [5.41, 5.74) is 2.06. The van der Waals surface area contributed by atoms with Crippen LogP contribution >= 0.6 is 11.3 Å². The van der Waals surface area contributed by atoms with E-state index in [4.69, 9.17) is 4.98 Å². The van der Waals surface area contributed by atoms with Crippen molar-refractivity contribution in [3.05, 3.63) is 36.0 Å². The maximum Gasteiger partial charge on any atom is 0.162 e. The number of hydrogen-bond acceptors (Lipinski definition) is 5. The van der Waals surface area contributed by atoms with Crippen LogP contribution in [0.4, 0.5) is 5.82 Å². The lowest BCUT2D eigenvalue weighted by Gasteiger charge is -2.17. The van der Waals surface area contributed by atoms with Gasteiger partial charge in [-0.05, 0) is 36.4 Å². The van der Waals surface area contributed by atoms with E-state index in [1.54, 1.807) is 23.7 Å². The van der Waals surface area contributed by atoms with Crippen LogP contribution in [0.25, 0.3) is 21.6 Å². The molecule has 0 aromatic carbocycles. The lowest BCUT2D eigenvalue weighted by molar-refractivity contribution is 0.943. The molecule has 0 N–H and O–H groups in total.